The van der Waals surface area contributed by atoms with Crippen LogP contribution in [0.25, 0.3) is 67.5 Å². The van der Waals surface area contributed by atoms with Gasteiger partial charge >= 0.3 is 0 Å². The molecule has 0 saturated heterocycles. The molecule has 2 aliphatic rings. The van der Waals surface area contributed by atoms with E-state index < -0.39 is 0 Å². The van der Waals surface area contributed by atoms with Crippen LogP contribution in [0.5, 0.6) is 0 Å². The summed E-state index contributed by atoms with van der Waals surface area (Å²) in [6.45, 7) is 0. The fourth-order valence-electron chi connectivity index (χ4n) is 7.47. The Morgan fingerprint density at radius 2 is 0.902 bits per heavy atom. The average molecular weight is 654 g/mol. The number of rotatable bonds is 5. The fraction of sp³-hybridized carbons (Fsp3) is 0.0217. The van der Waals surface area contributed by atoms with E-state index in [0.29, 0.717) is 17.5 Å². The summed E-state index contributed by atoms with van der Waals surface area (Å²) >= 11 is 0. The summed E-state index contributed by atoms with van der Waals surface area (Å²) in [5.74, 6) is 1.95. The van der Waals surface area contributed by atoms with Crippen molar-refractivity contribution in [3.8, 4) is 67.5 Å². The minimum Gasteiger partial charge on any atom is -0.359 e. The van der Waals surface area contributed by atoms with E-state index in [9.17, 15) is 0 Å². The third-order valence-corrected chi connectivity index (χ3v) is 9.88. The molecule has 0 amide bonds. The molecule has 0 bridgehead atoms. The first-order chi connectivity index (χ1) is 25.3. The predicted octanol–water partition coefficient (Wildman–Crippen LogP) is 11.4. The monoisotopic (exact) mass is 653 g/mol. The lowest BCUT2D eigenvalue weighted by molar-refractivity contribution is 0.830. The first kappa shape index (κ1) is 29.1. The van der Waals surface area contributed by atoms with Crippen molar-refractivity contribution in [2.75, 3.05) is 10.2 Å². The van der Waals surface area contributed by atoms with Crippen LogP contribution in [0.4, 0.5) is 17.1 Å². The largest absolute Gasteiger partial charge is 0.359 e. The number of anilines is 3. The molecule has 0 aliphatic carbocycles. The van der Waals surface area contributed by atoms with E-state index in [0.717, 1.165) is 33.5 Å². The fourth-order valence-corrected chi connectivity index (χ4v) is 7.47. The van der Waals surface area contributed by atoms with Crippen LogP contribution >= 0.6 is 0 Å². The zero-order valence-corrected chi connectivity index (χ0v) is 27.6. The standard InChI is InChI=1S/C46H31N5/c1-3-13-31(14-4-1)43-48-44(32-15-5-2-6-16-32)50-45(49-43)35-18-11-17-34(29-35)30-25-27-33(28-26-30)46-47-40-23-12-22-39-37-20-8-7-19-36(37)38-21-9-10-24-41(38)51(46)42(39)40/h1-29,46-47H. The van der Waals surface area contributed by atoms with Crippen molar-refractivity contribution < 1.29 is 0 Å². The average Bonchev–Trinajstić information content (AvgIpc) is 3.56. The molecule has 5 nitrogen and oxygen atoms in total. The highest BCUT2D eigenvalue weighted by Gasteiger charge is 2.37. The molecule has 1 N–H and O–H groups in total. The molecular formula is C46H31N5. The smallest absolute Gasteiger partial charge is 0.164 e. The van der Waals surface area contributed by atoms with Gasteiger partial charge in [0.15, 0.2) is 17.5 Å². The van der Waals surface area contributed by atoms with Gasteiger partial charge in [-0.25, -0.2) is 15.0 Å². The Kier molecular flexibility index (Phi) is 6.81. The minimum absolute atomic E-state index is 0.0602. The Morgan fingerprint density at radius 3 is 1.59 bits per heavy atom. The molecule has 1 atom stereocenters. The van der Waals surface area contributed by atoms with Gasteiger partial charge < -0.3 is 10.2 Å². The van der Waals surface area contributed by atoms with Crippen LogP contribution in [0.15, 0.2) is 176 Å². The van der Waals surface area contributed by atoms with Gasteiger partial charge in [0.25, 0.3) is 0 Å². The van der Waals surface area contributed by atoms with Crippen molar-refractivity contribution in [2.45, 2.75) is 6.17 Å². The Balaban J connectivity index is 1.02. The molecule has 3 heterocycles. The molecule has 1 aromatic heterocycles. The van der Waals surface area contributed by atoms with Gasteiger partial charge in [0.05, 0.1) is 17.1 Å². The SMILES string of the molecule is c1ccc(-c2nc(-c3ccccc3)nc(-c3cccc(-c4ccc(C5Nc6cccc7c6N5c5ccccc5-c5ccccc5-7)cc4)c3)n2)cc1. The summed E-state index contributed by atoms with van der Waals surface area (Å²) < 4.78 is 0. The number of hydrogen-bond acceptors (Lipinski definition) is 5. The van der Waals surface area contributed by atoms with Gasteiger partial charge in [-0.1, -0.05) is 158 Å². The normalized spacial score (nSPS) is 13.8. The van der Waals surface area contributed by atoms with Crippen molar-refractivity contribution in [3.63, 3.8) is 0 Å². The van der Waals surface area contributed by atoms with Crippen molar-refractivity contribution in [1.82, 2.24) is 15.0 Å². The number of aromatic nitrogens is 3. The highest BCUT2D eigenvalue weighted by molar-refractivity contribution is 6.05. The molecule has 1 unspecified atom stereocenters. The van der Waals surface area contributed by atoms with E-state index in [1.807, 2.05) is 60.7 Å². The molecule has 8 aromatic rings. The molecular weight excluding hydrogens is 623 g/mol. The second-order valence-corrected chi connectivity index (χ2v) is 12.9. The van der Waals surface area contributed by atoms with Crippen molar-refractivity contribution in [1.29, 1.82) is 0 Å². The van der Waals surface area contributed by atoms with E-state index in [-0.39, 0.29) is 6.17 Å². The maximum absolute atomic E-state index is 4.96. The summed E-state index contributed by atoms with van der Waals surface area (Å²) in [5, 5.41) is 3.86. The highest BCUT2D eigenvalue weighted by atomic mass is 15.3. The maximum atomic E-state index is 4.96. The Morgan fingerprint density at radius 1 is 0.392 bits per heavy atom. The molecule has 51 heavy (non-hydrogen) atoms. The Bertz CT molecular complexity index is 2510. The van der Waals surface area contributed by atoms with E-state index in [2.05, 4.69) is 125 Å². The second-order valence-electron chi connectivity index (χ2n) is 12.9. The van der Waals surface area contributed by atoms with Crippen molar-refractivity contribution in [2.24, 2.45) is 0 Å². The lowest BCUT2D eigenvalue weighted by atomic mass is 9.94. The third-order valence-electron chi connectivity index (χ3n) is 9.88. The Hall–Kier alpha value is -6.85. The van der Waals surface area contributed by atoms with Crippen LogP contribution in [0.1, 0.15) is 11.7 Å². The first-order valence-electron chi connectivity index (χ1n) is 17.2. The predicted molar refractivity (Wildman–Crippen MR) is 207 cm³/mol. The topological polar surface area (TPSA) is 53.9 Å². The molecule has 2 aliphatic heterocycles. The number of para-hydroxylation sites is 2. The van der Waals surface area contributed by atoms with Crippen molar-refractivity contribution in [3.05, 3.63) is 181 Å². The molecule has 10 rings (SSSR count). The lowest BCUT2D eigenvalue weighted by Crippen LogP contribution is -2.23. The molecule has 0 fully saturated rings. The van der Waals surface area contributed by atoms with E-state index in [1.54, 1.807) is 0 Å². The molecule has 0 spiro atoms. The summed E-state index contributed by atoms with van der Waals surface area (Å²) in [7, 11) is 0. The van der Waals surface area contributed by atoms with Crippen LogP contribution in [0, 0.1) is 0 Å². The van der Waals surface area contributed by atoms with Gasteiger partial charge in [0.1, 0.15) is 6.17 Å². The second kappa shape index (κ2) is 11.9. The molecule has 7 aromatic carbocycles. The van der Waals surface area contributed by atoms with Gasteiger partial charge in [-0.15, -0.1) is 0 Å². The minimum atomic E-state index is -0.0602. The summed E-state index contributed by atoms with van der Waals surface area (Å²) in [6.07, 6.45) is -0.0602. The third kappa shape index (κ3) is 4.98. The number of hydrogen-bond donors (Lipinski definition) is 1. The zero-order valence-electron chi connectivity index (χ0n) is 27.6. The molecule has 5 heteroatoms. The van der Waals surface area contributed by atoms with Crippen LogP contribution in [-0.4, -0.2) is 15.0 Å². The van der Waals surface area contributed by atoms with Crippen LogP contribution in [-0.2, 0) is 0 Å². The number of fused-ring (bicyclic) bond motifs is 5. The quantitative estimate of drug-likeness (QED) is 0.200. The summed E-state index contributed by atoms with van der Waals surface area (Å²) in [6, 6.07) is 61.7. The van der Waals surface area contributed by atoms with E-state index >= 15 is 0 Å². The lowest BCUT2D eigenvalue weighted by Gasteiger charge is -2.29. The van der Waals surface area contributed by atoms with Crippen molar-refractivity contribution >= 4 is 17.1 Å². The van der Waals surface area contributed by atoms with Crippen LogP contribution < -0.4 is 10.2 Å². The first-order valence-corrected chi connectivity index (χ1v) is 17.2. The maximum Gasteiger partial charge on any atom is 0.164 e. The molecule has 240 valence electrons. The van der Waals surface area contributed by atoms with Crippen LogP contribution in [0.2, 0.25) is 0 Å². The van der Waals surface area contributed by atoms with Gasteiger partial charge in [0.2, 0.25) is 0 Å². The van der Waals surface area contributed by atoms with E-state index in [1.165, 1.54) is 39.2 Å². The summed E-state index contributed by atoms with van der Waals surface area (Å²) in [4.78, 5) is 17.3. The number of benzene rings is 7. The highest BCUT2D eigenvalue weighted by Crippen LogP contribution is 2.56. The zero-order chi connectivity index (χ0) is 33.7. The van der Waals surface area contributed by atoms with Gasteiger partial charge in [-0.2, -0.15) is 0 Å². The van der Waals surface area contributed by atoms with Gasteiger partial charge in [-0.3, -0.25) is 0 Å². The summed E-state index contributed by atoms with van der Waals surface area (Å²) in [5.41, 5.74) is 14.8. The van der Waals surface area contributed by atoms with Crippen LogP contribution in [0.3, 0.4) is 0 Å². The van der Waals surface area contributed by atoms with Gasteiger partial charge in [0, 0.05) is 27.8 Å². The molecule has 0 radical (unpaired) electrons. The molecule has 0 saturated carbocycles. The Labute approximate surface area is 296 Å². The number of nitrogens with one attached hydrogen (secondary N) is 1. The van der Waals surface area contributed by atoms with Gasteiger partial charge in [-0.05, 0) is 46.0 Å². The number of nitrogens with zero attached hydrogens (tertiary/aromatic N) is 4. The van der Waals surface area contributed by atoms with E-state index in [4.69, 9.17) is 15.0 Å².